The summed E-state index contributed by atoms with van der Waals surface area (Å²) < 4.78 is 0. The van der Waals surface area contributed by atoms with Crippen LogP contribution in [0.3, 0.4) is 0 Å². The predicted octanol–water partition coefficient (Wildman–Crippen LogP) is 4.43. The van der Waals surface area contributed by atoms with Crippen LogP contribution in [0.25, 0.3) is 10.8 Å². The van der Waals surface area contributed by atoms with Crippen LogP contribution in [0.2, 0.25) is 0 Å². The van der Waals surface area contributed by atoms with Gasteiger partial charge in [-0.25, -0.2) is 0 Å². The molecular formula is C15H18ClN. The first kappa shape index (κ1) is 12.4. The SMILES string of the molecule is CC(C)C(Cl)CCc1cccc2cnccc12. The molecule has 90 valence electrons. The molecule has 2 rings (SSSR count). The van der Waals surface area contributed by atoms with Gasteiger partial charge in [0.05, 0.1) is 0 Å². The van der Waals surface area contributed by atoms with Gasteiger partial charge in [-0.05, 0) is 35.8 Å². The zero-order valence-electron chi connectivity index (χ0n) is 10.4. The average molecular weight is 248 g/mol. The zero-order chi connectivity index (χ0) is 12.3. The summed E-state index contributed by atoms with van der Waals surface area (Å²) in [7, 11) is 0. The van der Waals surface area contributed by atoms with Crippen molar-refractivity contribution >= 4 is 22.4 Å². The molecule has 1 aromatic carbocycles. The van der Waals surface area contributed by atoms with Crippen molar-refractivity contribution in [2.24, 2.45) is 5.92 Å². The first-order valence-electron chi connectivity index (χ1n) is 6.14. The van der Waals surface area contributed by atoms with E-state index in [4.69, 9.17) is 11.6 Å². The molecule has 0 aliphatic rings. The van der Waals surface area contributed by atoms with E-state index in [-0.39, 0.29) is 5.38 Å². The summed E-state index contributed by atoms with van der Waals surface area (Å²) in [5.74, 6) is 0.535. The van der Waals surface area contributed by atoms with Crippen LogP contribution in [-0.2, 0) is 6.42 Å². The van der Waals surface area contributed by atoms with Gasteiger partial charge in [0.25, 0.3) is 0 Å². The molecule has 0 aliphatic heterocycles. The summed E-state index contributed by atoms with van der Waals surface area (Å²) in [5.41, 5.74) is 1.37. The van der Waals surface area contributed by atoms with Crippen LogP contribution < -0.4 is 0 Å². The van der Waals surface area contributed by atoms with Crippen molar-refractivity contribution in [1.29, 1.82) is 0 Å². The van der Waals surface area contributed by atoms with Crippen molar-refractivity contribution in [2.45, 2.75) is 32.1 Å². The number of rotatable bonds is 4. The lowest BCUT2D eigenvalue weighted by atomic mass is 9.98. The number of alkyl halides is 1. The van der Waals surface area contributed by atoms with E-state index in [1.54, 1.807) is 0 Å². The van der Waals surface area contributed by atoms with Crippen molar-refractivity contribution in [3.63, 3.8) is 0 Å². The Hall–Kier alpha value is -1.08. The van der Waals surface area contributed by atoms with Gasteiger partial charge in [-0.3, -0.25) is 4.98 Å². The average Bonchev–Trinajstić information content (AvgIpc) is 2.35. The Balaban J connectivity index is 2.19. The summed E-state index contributed by atoms with van der Waals surface area (Å²) >= 11 is 6.30. The molecule has 0 N–H and O–H groups in total. The zero-order valence-corrected chi connectivity index (χ0v) is 11.1. The second-order valence-electron chi connectivity index (χ2n) is 4.81. The number of nitrogens with zero attached hydrogens (tertiary/aromatic N) is 1. The fourth-order valence-electron chi connectivity index (χ4n) is 2.03. The Labute approximate surface area is 108 Å². The number of hydrogen-bond donors (Lipinski definition) is 0. The van der Waals surface area contributed by atoms with E-state index >= 15 is 0 Å². The molecule has 0 aliphatic carbocycles. The quantitative estimate of drug-likeness (QED) is 0.729. The lowest BCUT2D eigenvalue weighted by Crippen LogP contribution is -2.08. The van der Waals surface area contributed by atoms with Gasteiger partial charge in [-0.1, -0.05) is 32.0 Å². The van der Waals surface area contributed by atoms with E-state index in [1.807, 2.05) is 12.4 Å². The maximum absolute atomic E-state index is 6.30. The summed E-state index contributed by atoms with van der Waals surface area (Å²) in [6, 6.07) is 8.47. The van der Waals surface area contributed by atoms with Crippen molar-refractivity contribution < 1.29 is 0 Å². The number of benzene rings is 1. The lowest BCUT2D eigenvalue weighted by Gasteiger charge is -2.13. The Bertz CT molecular complexity index is 488. The molecule has 2 aromatic rings. The van der Waals surface area contributed by atoms with Gasteiger partial charge in [-0.2, -0.15) is 0 Å². The second-order valence-corrected chi connectivity index (χ2v) is 5.37. The van der Waals surface area contributed by atoms with Crippen molar-refractivity contribution in [3.8, 4) is 0 Å². The third-order valence-electron chi connectivity index (χ3n) is 3.18. The standard InChI is InChI=1S/C15H18ClN/c1-11(2)15(16)7-6-12-4-3-5-13-10-17-9-8-14(12)13/h3-5,8-11,15H,6-7H2,1-2H3. The van der Waals surface area contributed by atoms with E-state index in [0.717, 1.165) is 12.8 Å². The number of aromatic nitrogens is 1. The highest BCUT2D eigenvalue weighted by molar-refractivity contribution is 6.20. The molecule has 0 amide bonds. The van der Waals surface area contributed by atoms with Gasteiger partial charge in [0.15, 0.2) is 0 Å². The summed E-state index contributed by atoms with van der Waals surface area (Å²) in [6.45, 7) is 4.34. The molecule has 0 bridgehead atoms. The predicted molar refractivity (Wildman–Crippen MR) is 74.5 cm³/mol. The van der Waals surface area contributed by atoms with Crippen LogP contribution >= 0.6 is 11.6 Å². The number of hydrogen-bond acceptors (Lipinski definition) is 1. The van der Waals surface area contributed by atoms with Gasteiger partial charge >= 0.3 is 0 Å². The Morgan fingerprint density at radius 3 is 2.82 bits per heavy atom. The Morgan fingerprint density at radius 1 is 1.24 bits per heavy atom. The summed E-state index contributed by atoms with van der Waals surface area (Å²) in [6.07, 6.45) is 5.83. The minimum Gasteiger partial charge on any atom is -0.264 e. The van der Waals surface area contributed by atoms with E-state index in [2.05, 4.69) is 43.1 Å². The third kappa shape index (κ3) is 2.98. The van der Waals surface area contributed by atoms with Crippen LogP contribution in [0.1, 0.15) is 25.8 Å². The molecule has 1 nitrogen and oxygen atoms in total. The topological polar surface area (TPSA) is 12.9 Å². The van der Waals surface area contributed by atoms with Crippen LogP contribution in [0.15, 0.2) is 36.7 Å². The van der Waals surface area contributed by atoms with E-state index in [0.29, 0.717) is 5.92 Å². The van der Waals surface area contributed by atoms with Gasteiger partial charge in [0.2, 0.25) is 0 Å². The van der Waals surface area contributed by atoms with E-state index < -0.39 is 0 Å². The number of fused-ring (bicyclic) bond motifs is 1. The second kappa shape index (κ2) is 5.50. The molecule has 1 atom stereocenters. The minimum absolute atomic E-state index is 0.257. The molecule has 0 saturated carbocycles. The monoisotopic (exact) mass is 247 g/mol. The third-order valence-corrected chi connectivity index (χ3v) is 3.91. The fraction of sp³-hybridized carbons (Fsp3) is 0.400. The minimum atomic E-state index is 0.257. The van der Waals surface area contributed by atoms with Crippen LogP contribution in [-0.4, -0.2) is 10.4 Å². The number of pyridine rings is 1. The molecule has 0 saturated heterocycles. The fourth-order valence-corrected chi connectivity index (χ4v) is 2.14. The highest BCUT2D eigenvalue weighted by Gasteiger charge is 2.10. The number of halogens is 1. The van der Waals surface area contributed by atoms with Gasteiger partial charge in [0.1, 0.15) is 0 Å². The summed E-state index contributed by atoms with van der Waals surface area (Å²) in [4.78, 5) is 4.15. The Morgan fingerprint density at radius 2 is 2.06 bits per heavy atom. The highest BCUT2D eigenvalue weighted by atomic mass is 35.5. The van der Waals surface area contributed by atoms with Gasteiger partial charge in [-0.15, -0.1) is 11.6 Å². The van der Waals surface area contributed by atoms with E-state index in [9.17, 15) is 0 Å². The molecule has 0 fully saturated rings. The van der Waals surface area contributed by atoms with Crippen LogP contribution in [0, 0.1) is 5.92 Å². The van der Waals surface area contributed by atoms with Crippen LogP contribution in [0.5, 0.6) is 0 Å². The molecule has 2 heteroatoms. The summed E-state index contributed by atoms with van der Waals surface area (Å²) in [5, 5.41) is 2.77. The van der Waals surface area contributed by atoms with Gasteiger partial charge < -0.3 is 0 Å². The maximum atomic E-state index is 6.30. The molecule has 1 unspecified atom stereocenters. The van der Waals surface area contributed by atoms with Crippen molar-refractivity contribution in [3.05, 3.63) is 42.2 Å². The normalized spacial score (nSPS) is 13.2. The first-order chi connectivity index (χ1) is 8.18. The lowest BCUT2D eigenvalue weighted by molar-refractivity contribution is 0.566. The Kier molecular flexibility index (Phi) is 4.01. The highest BCUT2D eigenvalue weighted by Crippen LogP contribution is 2.22. The maximum Gasteiger partial charge on any atom is 0.0362 e. The van der Waals surface area contributed by atoms with Crippen molar-refractivity contribution in [1.82, 2.24) is 4.98 Å². The molecular weight excluding hydrogens is 230 g/mol. The molecule has 1 heterocycles. The molecule has 1 aromatic heterocycles. The number of aryl methyl sites for hydroxylation is 1. The van der Waals surface area contributed by atoms with Gasteiger partial charge in [0, 0.05) is 23.2 Å². The van der Waals surface area contributed by atoms with E-state index in [1.165, 1.54) is 16.3 Å². The van der Waals surface area contributed by atoms with Crippen LogP contribution in [0.4, 0.5) is 0 Å². The first-order valence-corrected chi connectivity index (χ1v) is 6.58. The molecule has 0 spiro atoms. The largest absolute Gasteiger partial charge is 0.264 e. The molecule has 17 heavy (non-hydrogen) atoms. The molecule has 0 radical (unpaired) electrons. The van der Waals surface area contributed by atoms with Crippen molar-refractivity contribution in [2.75, 3.05) is 0 Å². The smallest absolute Gasteiger partial charge is 0.0362 e.